The first-order valence-corrected chi connectivity index (χ1v) is 6.95. The van der Waals surface area contributed by atoms with E-state index in [2.05, 4.69) is 24.8 Å². The number of rotatable bonds is 3. The first kappa shape index (κ1) is 12.4. The third-order valence-electron chi connectivity index (χ3n) is 3.93. The van der Waals surface area contributed by atoms with Crippen LogP contribution in [0.25, 0.3) is 11.0 Å². The summed E-state index contributed by atoms with van der Waals surface area (Å²) in [6.07, 6.45) is 6.29. The minimum Gasteiger partial charge on any atom is -0.354 e. The number of fused-ring (bicyclic) bond motifs is 1. The van der Waals surface area contributed by atoms with Crippen LogP contribution in [0.5, 0.6) is 0 Å². The fraction of sp³-hybridized carbons (Fsp3) is 0.571. The van der Waals surface area contributed by atoms with Gasteiger partial charge in [-0.15, -0.1) is 0 Å². The molecule has 102 valence electrons. The molecule has 0 aliphatic carbocycles. The number of nitrogens with zero attached hydrogens (tertiary/aromatic N) is 4. The molecular weight excluding hydrogens is 238 g/mol. The van der Waals surface area contributed by atoms with Crippen molar-refractivity contribution in [3.8, 4) is 0 Å². The molecule has 0 radical (unpaired) electrons. The Hall–Kier alpha value is -1.62. The van der Waals surface area contributed by atoms with Crippen molar-refractivity contribution in [3.63, 3.8) is 0 Å². The summed E-state index contributed by atoms with van der Waals surface area (Å²) in [5.74, 6) is 1.75. The average molecular weight is 259 g/mol. The normalized spacial score (nSPS) is 20.1. The predicted octanol–water partition coefficient (Wildman–Crippen LogP) is 1.40. The fourth-order valence-electron chi connectivity index (χ4n) is 2.99. The third-order valence-corrected chi connectivity index (χ3v) is 3.93. The van der Waals surface area contributed by atoms with E-state index in [9.17, 15) is 0 Å². The van der Waals surface area contributed by atoms with E-state index in [1.165, 1.54) is 12.8 Å². The second-order valence-electron chi connectivity index (χ2n) is 5.37. The van der Waals surface area contributed by atoms with Crippen LogP contribution >= 0.6 is 0 Å². The monoisotopic (exact) mass is 259 g/mol. The number of hydrogen-bond acceptors (Lipinski definition) is 4. The van der Waals surface area contributed by atoms with Crippen LogP contribution in [0, 0.1) is 5.92 Å². The quantitative estimate of drug-likeness (QED) is 0.905. The van der Waals surface area contributed by atoms with Crippen molar-refractivity contribution >= 4 is 16.9 Å². The highest BCUT2D eigenvalue weighted by Crippen LogP contribution is 2.26. The van der Waals surface area contributed by atoms with Gasteiger partial charge in [-0.2, -0.15) is 0 Å². The number of imidazole rings is 1. The van der Waals surface area contributed by atoms with Gasteiger partial charge in [0.1, 0.15) is 5.52 Å². The molecule has 1 saturated heterocycles. The second kappa shape index (κ2) is 5.17. The van der Waals surface area contributed by atoms with E-state index >= 15 is 0 Å². The van der Waals surface area contributed by atoms with E-state index in [1.54, 1.807) is 0 Å². The molecule has 1 aliphatic rings. The lowest BCUT2D eigenvalue weighted by Crippen LogP contribution is -2.39. The van der Waals surface area contributed by atoms with Crippen molar-refractivity contribution in [2.75, 3.05) is 31.6 Å². The molecule has 0 spiro atoms. The molecule has 3 heterocycles. The van der Waals surface area contributed by atoms with Gasteiger partial charge < -0.3 is 14.8 Å². The number of hydrogen-bond donors (Lipinski definition) is 1. The molecule has 1 unspecified atom stereocenters. The largest absolute Gasteiger partial charge is 0.354 e. The zero-order valence-corrected chi connectivity index (χ0v) is 11.6. The number of nitrogens with one attached hydrogen (secondary N) is 1. The van der Waals surface area contributed by atoms with Crippen molar-refractivity contribution < 1.29 is 0 Å². The molecule has 2 aromatic rings. The van der Waals surface area contributed by atoms with E-state index in [0.717, 1.165) is 36.5 Å². The molecule has 0 amide bonds. The van der Waals surface area contributed by atoms with E-state index in [0.29, 0.717) is 5.92 Å². The Morgan fingerprint density at radius 1 is 1.42 bits per heavy atom. The summed E-state index contributed by atoms with van der Waals surface area (Å²) in [6.45, 7) is 3.24. The van der Waals surface area contributed by atoms with Gasteiger partial charge in [0.05, 0.1) is 11.8 Å². The van der Waals surface area contributed by atoms with E-state index in [4.69, 9.17) is 0 Å². The molecule has 1 N–H and O–H groups in total. The van der Waals surface area contributed by atoms with Crippen LogP contribution in [-0.2, 0) is 7.05 Å². The maximum atomic E-state index is 4.57. The van der Waals surface area contributed by atoms with Crippen LogP contribution in [0.15, 0.2) is 18.6 Å². The maximum Gasteiger partial charge on any atom is 0.156 e. The van der Waals surface area contributed by atoms with Crippen LogP contribution in [0.3, 0.4) is 0 Å². The summed E-state index contributed by atoms with van der Waals surface area (Å²) in [4.78, 5) is 11.5. The van der Waals surface area contributed by atoms with Crippen molar-refractivity contribution in [1.82, 2.24) is 19.9 Å². The Morgan fingerprint density at radius 3 is 3.16 bits per heavy atom. The Kier molecular flexibility index (Phi) is 3.38. The minimum atomic E-state index is 0.708. The summed E-state index contributed by atoms with van der Waals surface area (Å²) < 4.78 is 2.05. The number of anilines is 1. The molecule has 0 aromatic carbocycles. The first-order valence-electron chi connectivity index (χ1n) is 6.95. The molecule has 5 heteroatoms. The molecule has 0 bridgehead atoms. The molecular formula is C14H21N5. The molecule has 3 rings (SSSR count). The lowest BCUT2D eigenvalue weighted by Gasteiger charge is -2.33. The van der Waals surface area contributed by atoms with E-state index in [1.807, 2.05) is 32.7 Å². The Morgan fingerprint density at radius 2 is 2.32 bits per heavy atom. The van der Waals surface area contributed by atoms with Crippen LogP contribution < -0.4 is 10.2 Å². The number of aromatic nitrogens is 3. The highest BCUT2D eigenvalue weighted by Gasteiger charge is 2.22. The molecule has 5 nitrogen and oxygen atoms in total. The molecule has 2 aromatic heterocycles. The highest BCUT2D eigenvalue weighted by atomic mass is 15.2. The average Bonchev–Trinajstić information content (AvgIpc) is 2.81. The molecule has 1 fully saturated rings. The first-order chi connectivity index (χ1) is 9.29. The van der Waals surface area contributed by atoms with Crippen LogP contribution in [-0.4, -0.2) is 41.2 Å². The molecule has 0 saturated carbocycles. The van der Waals surface area contributed by atoms with Gasteiger partial charge in [0, 0.05) is 26.3 Å². The van der Waals surface area contributed by atoms with Gasteiger partial charge in [0.2, 0.25) is 0 Å². The van der Waals surface area contributed by atoms with E-state index in [-0.39, 0.29) is 0 Å². The van der Waals surface area contributed by atoms with E-state index < -0.39 is 0 Å². The predicted molar refractivity (Wildman–Crippen MR) is 77.4 cm³/mol. The van der Waals surface area contributed by atoms with Crippen LogP contribution in [0.2, 0.25) is 0 Å². The Labute approximate surface area is 113 Å². The van der Waals surface area contributed by atoms with Gasteiger partial charge in [-0.25, -0.2) is 9.97 Å². The number of piperidine rings is 1. The maximum absolute atomic E-state index is 4.57. The van der Waals surface area contributed by atoms with Crippen molar-refractivity contribution in [2.24, 2.45) is 13.0 Å². The number of pyridine rings is 1. The Balaban J connectivity index is 1.91. The van der Waals surface area contributed by atoms with Gasteiger partial charge in [-0.05, 0) is 38.4 Å². The molecule has 19 heavy (non-hydrogen) atoms. The summed E-state index contributed by atoms with van der Waals surface area (Å²) >= 11 is 0. The van der Waals surface area contributed by atoms with Crippen molar-refractivity contribution in [3.05, 3.63) is 18.6 Å². The SMILES string of the molecule is CNCC1CCCN(c2nccc3c2ncn3C)C1. The molecule has 1 atom stereocenters. The third kappa shape index (κ3) is 2.30. The summed E-state index contributed by atoms with van der Waals surface area (Å²) in [5.41, 5.74) is 2.18. The smallest absolute Gasteiger partial charge is 0.156 e. The topological polar surface area (TPSA) is 46.0 Å². The molecule has 1 aliphatic heterocycles. The summed E-state index contributed by atoms with van der Waals surface area (Å²) in [6, 6.07) is 2.03. The fourth-order valence-corrected chi connectivity index (χ4v) is 2.99. The van der Waals surface area contributed by atoms with Crippen molar-refractivity contribution in [2.45, 2.75) is 12.8 Å². The summed E-state index contributed by atoms with van der Waals surface area (Å²) in [7, 11) is 4.05. The van der Waals surface area contributed by atoms with Crippen LogP contribution in [0.4, 0.5) is 5.82 Å². The standard InChI is InChI=1S/C14H21N5/c1-15-8-11-4-3-7-19(9-11)14-13-12(5-6-16-14)18(2)10-17-13/h5-6,10-11,15H,3-4,7-9H2,1-2H3. The van der Waals surface area contributed by atoms with Gasteiger partial charge in [-0.1, -0.05) is 0 Å². The van der Waals surface area contributed by atoms with Gasteiger partial charge in [-0.3, -0.25) is 0 Å². The Bertz CT molecular complexity index is 560. The van der Waals surface area contributed by atoms with Gasteiger partial charge >= 0.3 is 0 Å². The lowest BCUT2D eigenvalue weighted by atomic mass is 9.98. The lowest BCUT2D eigenvalue weighted by molar-refractivity contribution is 0.401. The van der Waals surface area contributed by atoms with Crippen molar-refractivity contribution in [1.29, 1.82) is 0 Å². The zero-order chi connectivity index (χ0) is 13.2. The summed E-state index contributed by atoms with van der Waals surface area (Å²) in [5, 5.41) is 3.28. The highest BCUT2D eigenvalue weighted by molar-refractivity contribution is 5.86. The minimum absolute atomic E-state index is 0.708. The number of aryl methyl sites for hydroxylation is 1. The van der Waals surface area contributed by atoms with Gasteiger partial charge in [0.15, 0.2) is 5.82 Å². The zero-order valence-electron chi connectivity index (χ0n) is 11.6. The van der Waals surface area contributed by atoms with Crippen LogP contribution in [0.1, 0.15) is 12.8 Å². The second-order valence-corrected chi connectivity index (χ2v) is 5.37. The van der Waals surface area contributed by atoms with Gasteiger partial charge in [0.25, 0.3) is 0 Å².